The molecular formula is C24H21ClN2O4. The van der Waals surface area contributed by atoms with E-state index in [1.54, 1.807) is 47.6 Å². The van der Waals surface area contributed by atoms with Crippen molar-refractivity contribution < 1.29 is 19.1 Å². The predicted octanol–water partition coefficient (Wildman–Crippen LogP) is 5.39. The van der Waals surface area contributed by atoms with Crippen LogP contribution in [0.1, 0.15) is 54.3 Å². The number of nitrogens with zero attached hydrogens (tertiary/aromatic N) is 2. The standard InChI is InChI=1S/C24H21ClN2O4/c25-16-8-9-18-15(11-16)12-19(31-18)22(28)20-21(14-5-4-10-26-13-14)27(24(30)23(20)29)17-6-2-1-3-7-17/h4-5,8-13,17,21,29H,1-3,6-7H2. The Bertz CT molecular complexity index is 1190. The number of carbonyl (C=O) groups is 2. The molecule has 0 bridgehead atoms. The second-order valence-electron chi connectivity index (χ2n) is 8.08. The van der Waals surface area contributed by atoms with E-state index in [1.807, 2.05) is 6.07 Å². The van der Waals surface area contributed by atoms with Crippen LogP contribution in [-0.2, 0) is 4.79 Å². The smallest absolute Gasteiger partial charge is 0.290 e. The SMILES string of the molecule is O=C(C1=C(O)C(=O)N(C2CCCCC2)C1c1cccnc1)c1cc2cc(Cl)ccc2o1. The van der Waals surface area contributed by atoms with Gasteiger partial charge in [0.25, 0.3) is 5.91 Å². The molecule has 1 saturated carbocycles. The van der Waals surface area contributed by atoms with Crippen molar-refractivity contribution in [1.29, 1.82) is 0 Å². The zero-order valence-electron chi connectivity index (χ0n) is 16.8. The summed E-state index contributed by atoms with van der Waals surface area (Å²) in [5.41, 5.74) is 1.24. The monoisotopic (exact) mass is 436 g/mol. The number of benzene rings is 1. The first-order valence-corrected chi connectivity index (χ1v) is 10.8. The van der Waals surface area contributed by atoms with Crippen LogP contribution in [-0.4, -0.2) is 32.7 Å². The van der Waals surface area contributed by atoms with Crippen molar-refractivity contribution in [3.05, 3.63) is 76.5 Å². The van der Waals surface area contributed by atoms with Crippen molar-refractivity contribution in [2.45, 2.75) is 44.2 Å². The average Bonchev–Trinajstić information content (AvgIpc) is 3.33. The lowest BCUT2D eigenvalue weighted by Crippen LogP contribution is -2.41. The van der Waals surface area contributed by atoms with Crippen LogP contribution in [0.3, 0.4) is 0 Å². The molecule has 7 heteroatoms. The Labute approximate surface area is 184 Å². The van der Waals surface area contributed by atoms with E-state index in [1.165, 1.54) is 0 Å². The molecule has 0 spiro atoms. The molecule has 158 valence electrons. The van der Waals surface area contributed by atoms with Crippen molar-refractivity contribution in [2.24, 2.45) is 0 Å². The number of hydrogen-bond donors (Lipinski definition) is 1. The Morgan fingerprint density at radius 3 is 2.71 bits per heavy atom. The third-order valence-corrected chi connectivity index (χ3v) is 6.39. The van der Waals surface area contributed by atoms with E-state index in [2.05, 4.69) is 4.98 Å². The number of furan rings is 1. The predicted molar refractivity (Wildman–Crippen MR) is 116 cm³/mol. The van der Waals surface area contributed by atoms with E-state index in [0.29, 0.717) is 21.6 Å². The summed E-state index contributed by atoms with van der Waals surface area (Å²) < 4.78 is 5.75. The van der Waals surface area contributed by atoms with Gasteiger partial charge in [0, 0.05) is 28.8 Å². The highest BCUT2D eigenvalue weighted by Gasteiger charge is 2.47. The highest BCUT2D eigenvalue weighted by Crippen LogP contribution is 2.43. The molecule has 1 unspecified atom stereocenters. The molecule has 3 heterocycles. The van der Waals surface area contributed by atoms with Gasteiger partial charge in [0.15, 0.2) is 11.5 Å². The largest absolute Gasteiger partial charge is 0.503 e. The summed E-state index contributed by atoms with van der Waals surface area (Å²) in [4.78, 5) is 32.5. The van der Waals surface area contributed by atoms with Gasteiger partial charge in [-0.15, -0.1) is 0 Å². The van der Waals surface area contributed by atoms with Crippen molar-refractivity contribution in [3.8, 4) is 0 Å². The molecule has 1 N–H and O–H groups in total. The zero-order chi connectivity index (χ0) is 21.5. The van der Waals surface area contributed by atoms with E-state index in [4.69, 9.17) is 16.0 Å². The van der Waals surface area contributed by atoms with Crippen molar-refractivity contribution in [3.63, 3.8) is 0 Å². The molecule has 1 atom stereocenters. The molecule has 5 rings (SSSR count). The third kappa shape index (κ3) is 3.41. The molecule has 6 nitrogen and oxygen atoms in total. The number of aromatic nitrogens is 1. The first-order chi connectivity index (χ1) is 15.0. The molecule has 1 fully saturated rings. The molecule has 3 aromatic rings. The maximum Gasteiger partial charge on any atom is 0.290 e. The molecule has 31 heavy (non-hydrogen) atoms. The molecule has 2 aliphatic rings. The molecule has 1 aliphatic heterocycles. The number of halogens is 1. The number of aliphatic hydroxyl groups is 1. The summed E-state index contributed by atoms with van der Waals surface area (Å²) in [5, 5.41) is 12.0. The van der Waals surface area contributed by atoms with E-state index in [9.17, 15) is 14.7 Å². The molecule has 2 aromatic heterocycles. The fourth-order valence-electron chi connectivity index (χ4n) is 4.71. The van der Waals surface area contributed by atoms with Crippen LogP contribution in [0.4, 0.5) is 0 Å². The Kier molecular flexibility index (Phi) is 5.02. The minimum atomic E-state index is -0.700. The Morgan fingerprint density at radius 2 is 1.97 bits per heavy atom. The topological polar surface area (TPSA) is 83.6 Å². The Hall–Kier alpha value is -3.12. The lowest BCUT2D eigenvalue weighted by Gasteiger charge is -2.36. The van der Waals surface area contributed by atoms with Gasteiger partial charge in [0.05, 0.1) is 11.6 Å². The van der Waals surface area contributed by atoms with E-state index >= 15 is 0 Å². The number of ketones is 1. The minimum Gasteiger partial charge on any atom is -0.503 e. The first-order valence-electron chi connectivity index (χ1n) is 10.4. The second-order valence-corrected chi connectivity index (χ2v) is 8.51. The lowest BCUT2D eigenvalue weighted by atomic mass is 9.90. The van der Waals surface area contributed by atoms with Crippen LogP contribution in [0.15, 0.2) is 64.5 Å². The zero-order valence-corrected chi connectivity index (χ0v) is 17.5. The van der Waals surface area contributed by atoms with E-state index in [0.717, 1.165) is 32.1 Å². The minimum absolute atomic E-state index is 0.0339. The summed E-state index contributed by atoms with van der Waals surface area (Å²) in [6.07, 6.45) is 8.13. The highest BCUT2D eigenvalue weighted by atomic mass is 35.5. The van der Waals surface area contributed by atoms with Crippen LogP contribution >= 0.6 is 11.6 Å². The van der Waals surface area contributed by atoms with E-state index < -0.39 is 23.5 Å². The van der Waals surface area contributed by atoms with Crippen LogP contribution in [0.5, 0.6) is 0 Å². The maximum atomic E-state index is 13.5. The molecule has 1 aromatic carbocycles. The summed E-state index contributed by atoms with van der Waals surface area (Å²) in [6.45, 7) is 0. The fourth-order valence-corrected chi connectivity index (χ4v) is 4.90. The number of fused-ring (bicyclic) bond motifs is 1. The van der Waals surface area contributed by atoms with Gasteiger partial charge in [0.1, 0.15) is 5.58 Å². The number of rotatable bonds is 4. The maximum absolute atomic E-state index is 13.5. The van der Waals surface area contributed by atoms with Crippen LogP contribution < -0.4 is 0 Å². The molecule has 0 saturated heterocycles. The molecule has 0 radical (unpaired) electrons. The number of hydrogen-bond acceptors (Lipinski definition) is 5. The van der Waals surface area contributed by atoms with Gasteiger partial charge in [-0.2, -0.15) is 0 Å². The number of carbonyl (C=O) groups excluding carboxylic acids is 2. The summed E-state index contributed by atoms with van der Waals surface area (Å²) in [7, 11) is 0. The van der Waals surface area contributed by atoms with Crippen molar-refractivity contribution in [1.82, 2.24) is 9.88 Å². The van der Waals surface area contributed by atoms with Gasteiger partial charge in [0.2, 0.25) is 5.78 Å². The summed E-state index contributed by atoms with van der Waals surface area (Å²) in [6, 6.07) is 9.53. The molecule has 1 aliphatic carbocycles. The molecule has 1 amide bonds. The van der Waals surface area contributed by atoms with Crippen molar-refractivity contribution in [2.75, 3.05) is 0 Å². The lowest BCUT2D eigenvalue weighted by molar-refractivity contribution is -0.132. The number of pyridine rings is 1. The summed E-state index contributed by atoms with van der Waals surface area (Å²) >= 11 is 6.05. The Balaban J connectivity index is 1.60. The van der Waals surface area contributed by atoms with Crippen LogP contribution in [0.25, 0.3) is 11.0 Å². The van der Waals surface area contributed by atoms with Crippen LogP contribution in [0, 0.1) is 0 Å². The fraction of sp³-hybridized carbons (Fsp3) is 0.292. The van der Waals surface area contributed by atoms with Crippen molar-refractivity contribution >= 4 is 34.3 Å². The highest BCUT2D eigenvalue weighted by molar-refractivity contribution is 6.31. The third-order valence-electron chi connectivity index (χ3n) is 6.16. The normalized spacial score (nSPS) is 20.1. The Morgan fingerprint density at radius 1 is 1.16 bits per heavy atom. The van der Waals surface area contributed by atoms with Gasteiger partial charge in [-0.1, -0.05) is 36.9 Å². The van der Waals surface area contributed by atoms with Gasteiger partial charge in [-0.3, -0.25) is 14.6 Å². The number of Topliss-reactive ketones (excluding diaryl/α,β-unsaturated/α-hetero) is 1. The van der Waals surface area contributed by atoms with E-state index in [-0.39, 0.29) is 17.4 Å². The van der Waals surface area contributed by atoms with Gasteiger partial charge in [-0.25, -0.2) is 0 Å². The number of aliphatic hydroxyl groups excluding tert-OH is 1. The number of amides is 1. The summed E-state index contributed by atoms with van der Waals surface area (Å²) in [5.74, 6) is -1.47. The second kappa shape index (κ2) is 7.85. The van der Waals surface area contributed by atoms with Gasteiger partial charge in [-0.05, 0) is 48.7 Å². The first kappa shape index (κ1) is 19.8. The average molecular weight is 437 g/mol. The van der Waals surface area contributed by atoms with Gasteiger partial charge >= 0.3 is 0 Å². The van der Waals surface area contributed by atoms with Crippen LogP contribution in [0.2, 0.25) is 5.02 Å². The van der Waals surface area contributed by atoms with Gasteiger partial charge < -0.3 is 14.4 Å². The molecular weight excluding hydrogens is 416 g/mol. The quantitative estimate of drug-likeness (QED) is 0.554.